The number of carbonyl (C=O) groups excluding carboxylic acids is 1. The van der Waals surface area contributed by atoms with Gasteiger partial charge in [0, 0.05) is 12.5 Å². The summed E-state index contributed by atoms with van der Waals surface area (Å²) in [5.74, 6) is 0.779. The summed E-state index contributed by atoms with van der Waals surface area (Å²) in [4.78, 5) is 15.0. The number of ketones is 1. The van der Waals surface area contributed by atoms with Crippen LogP contribution in [0.5, 0.6) is 0 Å². The number of carbonyl (C=O) groups is 1. The van der Waals surface area contributed by atoms with Crippen molar-refractivity contribution in [3.8, 4) is 0 Å². The highest BCUT2D eigenvalue weighted by Crippen LogP contribution is 2.44. The van der Waals surface area contributed by atoms with Crippen molar-refractivity contribution in [3.63, 3.8) is 0 Å². The first-order valence-electron chi connectivity index (χ1n) is 7.46. The minimum atomic E-state index is -0.244. The lowest BCUT2D eigenvalue weighted by Gasteiger charge is -2.53. The van der Waals surface area contributed by atoms with Gasteiger partial charge in [0.25, 0.3) is 0 Å². The molecule has 3 fully saturated rings. The first-order chi connectivity index (χ1) is 9.77. The Labute approximate surface area is 119 Å². The van der Waals surface area contributed by atoms with Crippen LogP contribution in [0.25, 0.3) is 5.57 Å². The fourth-order valence-corrected chi connectivity index (χ4v) is 3.96. The summed E-state index contributed by atoms with van der Waals surface area (Å²) in [5, 5.41) is 0. The third kappa shape index (κ3) is 1.80. The molecule has 5 rings (SSSR count). The lowest BCUT2D eigenvalue weighted by atomic mass is 9.71. The molecule has 0 N–H and O–H groups in total. The average molecular weight is 269 g/mol. The van der Waals surface area contributed by atoms with Crippen LogP contribution in [-0.2, 0) is 9.53 Å². The Morgan fingerprint density at radius 1 is 1.15 bits per heavy atom. The van der Waals surface area contributed by atoms with E-state index in [1.165, 1.54) is 25.9 Å². The Kier molecular flexibility index (Phi) is 2.71. The van der Waals surface area contributed by atoms with Crippen LogP contribution in [0.4, 0.5) is 0 Å². The Morgan fingerprint density at radius 3 is 2.50 bits per heavy atom. The highest BCUT2D eigenvalue weighted by Gasteiger charge is 2.51. The number of fused-ring (bicyclic) bond motifs is 2. The summed E-state index contributed by atoms with van der Waals surface area (Å²) in [7, 11) is 0. The van der Waals surface area contributed by atoms with E-state index in [-0.39, 0.29) is 11.4 Å². The van der Waals surface area contributed by atoms with Gasteiger partial charge < -0.3 is 4.74 Å². The van der Waals surface area contributed by atoms with Crippen molar-refractivity contribution >= 4 is 11.4 Å². The molecule has 1 atom stereocenters. The molecule has 1 unspecified atom stereocenters. The fraction of sp³-hybridized carbons (Fsp3) is 0.471. The van der Waals surface area contributed by atoms with E-state index in [1.54, 1.807) is 6.26 Å². The summed E-state index contributed by atoms with van der Waals surface area (Å²) in [5.41, 5.74) is 1.45. The molecule has 4 heterocycles. The number of benzene rings is 1. The van der Waals surface area contributed by atoms with Crippen LogP contribution in [0.3, 0.4) is 0 Å². The van der Waals surface area contributed by atoms with Crippen LogP contribution in [0, 0.1) is 5.92 Å². The van der Waals surface area contributed by atoms with Gasteiger partial charge in [-0.3, -0.25) is 9.69 Å². The zero-order valence-electron chi connectivity index (χ0n) is 11.5. The first-order valence-corrected chi connectivity index (χ1v) is 7.46. The molecule has 3 saturated heterocycles. The van der Waals surface area contributed by atoms with E-state index in [9.17, 15) is 4.79 Å². The topological polar surface area (TPSA) is 29.5 Å². The van der Waals surface area contributed by atoms with Crippen molar-refractivity contribution in [2.24, 2.45) is 5.92 Å². The third-order valence-electron chi connectivity index (χ3n) is 5.08. The average Bonchev–Trinajstić information content (AvgIpc) is 2.49. The van der Waals surface area contributed by atoms with Gasteiger partial charge in [-0.2, -0.15) is 0 Å². The molecule has 0 amide bonds. The normalized spacial score (nSPS) is 35.8. The molecule has 0 radical (unpaired) electrons. The van der Waals surface area contributed by atoms with E-state index < -0.39 is 0 Å². The molecule has 2 bridgehead atoms. The van der Waals surface area contributed by atoms with E-state index in [0.29, 0.717) is 12.3 Å². The minimum Gasteiger partial charge on any atom is -0.492 e. The van der Waals surface area contributed by atoms with Gasteiger partial charge in [-0.15, -0.1) is 0 Å². The lowest BCUT2D eigenvalue weighted by molar-refractivity contribution is -0.144. The molecule has 1 spiro atoms. The molecular formula is C17H19NO2. The summed E-state index contributed by atoms with van der Waals surface area (Å²) in [6.07, 6.45) is 4.60. The van der Waals surface area contributed by atoms with Crippen LogP contribution >= 0.6 is 0 Å². The highest BCUT2D eigenvalue weighted by molar-refractivity contribution is 6.21. The molecule has 0 aliphatic carbocycles. The molecule has 20 heavy (non-hydrogen) atoms. The van der Waals surface area contributed by atoms with Gasteiger partial charge in [0.1, 0.15) is 5.60 Å². The second-order valence-corrected chi connectivity index (χ2v) is 6.23. The zero-order chi connectivity index (χ0) is 13.6. The lowest BCUT2D eigenvalue weighted by Crippen LogP contribution is -2.61. The van der Waals surface area contributed by atoms with Crippen LogP contribution in [0.1, 0.15) is 24.8 Å². The van der Waals surface area contributed by atoms with Gasteiger partial charge >= 0.3 is 0 Å². The largest absolute Gasteiger partial charge is 0.492 e. The van der Waals surface area contributed by atoms with Gasteiger partial charge in [-0.25, -0.2) is 0 Å². The van der Waals surface area contributed by atoms with Gasteiger partial charge in [-0.05, 0) is 31.5 Å². The first kappa shape index (κ1) is 12.2. The number of Topliss-reactive ketones (excluding diaryl/α,β-unsaturated/α-hetero) is 1. The molecular weight excluding hydrogens is 250 g/mol. The van der Waals surface area contributed by atoms with Crippen molar-refractivity contribution in [2.45, 2.75) is 24.9 Å². The van der Waals surface area contributed by atoms with Crippen LogP contribution in [0.2, 0.25) is 0 Å². The summed E-state index contributed by atoms with van der Waals surface area (Å²) < 4.78 is 6.15. The number of allylic oxidation sites excluding steroid dienone is 1. The Balaban J connectivity index is 1.64. The summed E-state index contributed by atoms with van der Waals surface area (Å²) >= 11 is 0. The van der Waals surface area contributed by atoms with E-state index in [4.69, 9.17) is 4.74 Å². The number of ether oxygens (including phenoxy) is 1. The number of hydrogen-bond acceptors (Lipinski definition) is 3. The van der Waals surface area contributed by atoms with E-state index in [1.807, 2.05) is 30.3 Å². The summed E-state index contributed by atoms with van der Waals surface area (Å²) in [6, 6.07) is 9.83. The van der Waals surface area contributed by atoms with E-state index in [2.05, 4.69) is 4.90 Å². The van der Waals surface area contributed by atoms with Gasteiger partial charge in [0.05, 0.1) is 18.3 Å². The SMILES string of the molecule is O=C1CC2(CN3CCC2CC3)OC=C1c1ccccc1. The van der Waals surface area contributed by atoms with E-state index >= 15 is 0 Å². The van der Waals surface area contributed by atoms with Crippen LogP contribution in [-0.4, -0.2) is 35.9 Å². The predicted octanol–water partition coefficient (Wildman–Crippen LogP) is 2.48. The number of nitrogens with zero attached hydrogens (tertiary/aromatic N) is 1. The minimum absolute atomic E-state index is 0.233. The second-order valence-electron chi connectivity index (χ2n) is 6.23. The molecule has 3 nitrogen and oxygen atoms in total. The third-order valence-corrected chi connectivity index (χ3v) is 5.08. The van der Waals surface area contributed by atoms with E-state index in [0.717, 1.165) is 17.7 Å². The standard InChI is InChI=1S/C17H19NO2/c19-16-10-17(12-18-8-6-14(17)7-9-18)20-11-15(16)13-4-2-1-3-5-13/h1-5,11,14H,6-10,12H2. The molecule has 104 valence electrons. The Morgan fingerprint density at radius 2 is 1.90 bits per heavy atom. The second kappa shape index (κ2) is 4.45. The Bertz CT molecular complexity index is 558. The highest BCUT2D eigenvalue weighted by atomic mass is 16.5. The molecule has 1 aromatic carbocycles. The fourth-order valence-electron chi connectivity index (χ4n) is 3.96. The molecule has 1 aromatic rings. The number of rotatable bonds is 1. The van der Waals surface area contributed by atoms with Crippen molar-refractivity contribution in [1.82, 2.24) is 4.90 Å². The summed E-state index contributed by atoms with van der Waals surface area (Å²) in [6.45, 7) is 3.25. The number of hydrogen-bond donors (Lipinski definition) is 0. The quantitative estimate of drug-likeness (QED) is 0.784. The molecule has 0 aromatic heterocycles. The van der Waals surface area contributed by atoms with Gasteiger partial charge in [0.15, 0.2) is 5.78 Å². The van der Waals surface area contributed by atoms with Crippen molar-refractivity contribution in [2.75, 3.05) is 19.6 Å². The van der Waals surface area contributed by atoms with Crippen molar-refractivity contribution < 1.29 is 9.53 Å². The maximum Gasteiger partial charge on any atom is 0.170 e. The van der Waals surface area contributed by atoms with Crippen LogP contribution < -0.4 is 0 Å². The van der Waals surface area contributed by atoms with Crippen LogP contribution in [0.15, 0.2) is 36.6 Å². The zero-order valence-corrected chi connectivity index (χ0v) is 11.5. The molecule has 0 saturated carbocycles. The smallest absolute Gasteiger partial charge is 0.170 e. The Hall–Kier alpha value is -1.61. The van der Waals surface area contributed by atoms with Crippen molar-refractivity contribution in [1.29, 1.82) is 0 Å². The molecule has 3 heteroatoms. The van der Waals surface area contributed by atoms with Crippen molar-refractivity contribution in [3.05, 3.63) is 42.2 Å². The van der Waals surface area contributed by atoms with Gasteiger partial charge in [-0.1, -0.05) is 30.3 Å². The number of piperidine rings is 3. The maximum absolute atomic E-state index is 12.6. The maximum atomic E-state index is 12.6. The monoisotopic (exact) mass is 269 g/mol. The molecule has 4 aliphatic rings. The van der Waals surface area contributed by atoms with Gasteiger partial charge in [0.2, 0.25) is 0 Å². The molecule has 4 aliphatic heterocycles. The predicted molar refractivity (Wildman–Crippen MR) is 77.0 cm³/mol.